The van der Waals surface area contributed by atoms with E-state index in [9.17, 15) is 9.59 Å². The molecule has 4 heteroatoms. The van der Waals surface area contributed by atoms with E-state index in [4.69, 9.17) is 0 Å². The third kappa shape index (κ3) is 2.49. The lowest BCUT2D eigenvalue weighted by molar-refractivity contribution is -0.128. The van der Waals surface area contributed by atoms with Gasteiger partial charge in [0.15, 0.2) is 0 Å². The predicted molar refractivity (Wildman–Crippen MR) is 56.2 cm³/mol. The lowest BCUT2D eigenvalue weighted by Crippen LogP contribution is -2.31. The van der Waals surface area contributed by atoms with Gasteiger partial charge in [0.1, 0.15) is 0 Å². The Morgan fingerprint density at radius 3 is 1.67 bits per heavy atom. The SMILES string of the molecule is O=C1CCCN1CCCN1CCCC1=O. The fourth-order valence-corrected chi connectivity index (χ4v) is 2.33. The summed E-state index contributed by atoms with van der Waals surface area (Å²) in [5.74, 6) is 0.561. The van der Waals surface area contributed by atoms with Crippen molar-refractivity contribution in [2.24, 2.45) is 0 Å². The summed E-state index contributed by atoms with van der Waals surface area (Å²) in [5.41, 5.74) is 0. The molecule has 2 heterocycles. The third-order valence-corrected chi connectivity index (χ3v) is 3.20. The number of hydrogen-bond acceptors (Lipinski definition) is 2. The fourth-order valence-electron chi connectivity index (χ4n) is 2.33. The van der Waals surface area contributed by atoms with Crippen molar-refractivity contribution in [2.75, 3.05) is 26.2 Å². The second-order valence-corrected chi connectivity index (χ2v) is 4.32. The zero-order valence-electron chi connectivity index (χ0n) is 9.07. The molecule has 2 aliphatic rings. The maximum atomic E-state index is 11.3. The summed E-state index contributed by atoms with van der Waals surface area (Å²) >= 11 is 0. The van der Waals surface area contributed by atoms with Gasteiger partial charge in [-0.3, -0.25) is 9.59 Å². The smallest absolute Gasteiger partial charge is 0.222 e. The Kier molecular flexibility index (Phi) is 3.23. The van der Waals surface area contributed by atoms with Gasteiger partial charge in [0, 0.05) is 39.0 Å². The molecule has 0 spiro atoms. The van der Waals surface area contributed by atoms with Crippen molar-refractivity contribution in [3.05, 3.63) is 0 Å². The summed E-state index contributed by atoms with van der Waals surface area (Å²) in [6.07, 6.45) is 4.35. The molecule has 2 amide bonds. The molecule has 0 saturated carbocycles. The summed E-state index contributed by atoms with van der Waals surface area (Å²) in [6.45, 7) is 3.46. The molecule has 2 rings (SSSR count). The number of carbonyl (C=O) groups is 2. The molecule has 84 valence electrons. The van der Waals surface area contributed by atoms with E-state index in [1.54, 1.807) is 0 Å². The highest BCUT2D eigenvalue weighted by Crippen LogP contribution is 2.12. The summed E-state index contributed by atoms with van der Waals surface area (Å²) in [4.78, 5) is 26.5. The van der Waals surface area contributed by atoms with Crippen LogP contribution in [0.1, 0.15) is 32.1 Å². The molecule has 0 aliphatic carbocycles. The lowest BCUT2D eigenvalue weighted by atomic mass is 10.3. The zero-order chi connectivity index (χ0) is 10.7. The van der Waals surface area contributed by atoms with Gasteiger partial charge in [-0.25, -0.2) is 0 Å². The van der Waals surface area contributed by atoms with Gasteiger partial charge in [0.05, 0.1) is 0 Å². The largest absolute Gasteiger partial charge is 0.343 e. The Labute approximate surface area is 90.2 Å². The average molecular weight is 210 g/mol. The van der Waals surface area contributed by atoms with Gasteiger partial charge in [0.25, 0.3) is 0 Å². The van der Waals surface area contributed by atoms with Crippen LogP contribution in [0.4, 0.5) is 0 Å². The Hall–Kier alpha value is -1.06. The molecule has 0 unspecified atom stereocenters. The predicted octanol–water partition coefficient (Wildman–Crippen LogP) is 0.621. The number of likely N-dealkylation sites (tertiary alicyclic amines) is 2. The minimum Gasteiger partial charge on any atom is -0.343 e. The van der Waals surface area contributed by atoms with Crippen LogP contribution >= 0.6 is 0 Å². The van der Waals surface area contributed by atoms with Gasteiger partial charge in [-0.2, -0.15) is 0 Å². The van der Waals surface area contributed by atoms with Crippen molar-refractivity contribution < 1.29 is 9.59 Å². The quantitative estimate of drug-likeness (QED) is 0.682. The normalized spacial score (nSPS) is 21.9. The van der Waals surface area contributed by atoms with E-state index in [0.717, 1.165) is 45.4 Å². The Bertz CT molecular complexity index is 239. The number of hydrogen-bond donors (Lipinski definition) is 0. The molecule has 0 radical (unpaired) electrons. The highest BCUT2D eigenvalue weighted by atomic mass is 16.2. The first-order valence-electron chi connectivity index (χ1n) is 5.83. The van der Waals surface area contributed by atoms with Crippen LogP contribution in [0.2, 0.25) is 0 Å². The van der Waals surface area contributed by atoms with Crippen LogP contribution in [0, 0.1) is 0 Å². The standard InChI is InChI=1S/C11H18N2O2/c14-10-4-1-6-12(10)8-3-9-13-7-2-5-11(13)15/h1-9H2. The van der Waals surface area contributed by atoms with E-state index in [1.165, 1.54) is 0 Å². The maximum absolute atomic E-state index is 11.3. The van der Waals surface area contributed by atoms with Crippen molar-refractivity contribution in [3.63, 3.8) is 0 Å². The number of rotatable bonds is 4. The van der Waals surface area contributed by atoms with Gasteiger partial charge < -0.3 is 9.80 Å². The van der Waals surface area contributed by atoms with Crippen LogP contribution in [0.25, 0.3) is 0 Å². The van der Waals surface area contributed by atoms with E-state index < -0.39 is 0 Å². The van der Waals surface area contributed by atoms with E-state index >= 15 is 0 Å². The zero-order valence-corrected chi connectivity index (χ0v) is 9.07. The van der Waals surface area contributed by atoms with Crippen molar-refractivity contribution in [1.29, 1.82) is 0 Å². The molecule has 0 atom stereocenters. The Morgan fingerprint density at radius 1 is 0.867 bits per heavy atom. The van der Waals surface area contributed by atoms with Crippen LogP contribution in [0.3, 0.4) is 0 Å². The number of nitrogens with zero attached hydrogens (tertiary/aromatic N) is 2. The first-order valence-corrected chi connectivity index (χ1v) is 5.83. The van der Waals surface area contributed by atoms with Crippen LogP contribution in [-0.2, 0) is 9.59 Å². The minimum absolute atomic E-state index is 0.280. The first kappa shape index (κ1) is 10.5. The second kappa shape index (κ2) is 4.64. The molecule has 0 aromatic heterocycles. The molecular weight excluding hydrogens is 192 g/mol. The van der Waals surface area contributed by atoms with Gasteiger partial charge in [-0.1, -0.05) is 0 Å². The van der Waals surface area contributed by atoms with Gasteiger partial charge in [0.2, 0.25) is 11.8 Å². The molecule has 2 fully saturated rings. The second-order valence-electron chi connectivity index (χ2n) is 4.32. The molecule has 0 N–H and O–H groups in total. The number of carbonyl (C=O) groups excluding carboxylic acids is 2. The molecule has 15 heavy (non-hydrogen) atoms. The van der Waals surface area contributed by atoms with E-state index in [0.29, 0.717) is 12.8 Å². The van der Waals surface area contributed by atoms with E-state index in [1.807, 2.05) is 9.80 Å². The van der Waals surface area contributed by atoms with Gasteiger partial charge in [-0.15, -0.1) is 0 Å². The van der Waals surface area contributed by atoms with Crippen LogP contribution in [-0.4, -0.2) is 47.8 Å². The molecule has 2 aliphatic heterocycles. The highest BCUT2D eigenvalue weighted by molar-refractivity contribution is 5.78. The molecule has 4 nitrogen and oxygen atoms in total. The van der Waals surface area contributed by atoms with Crippen molar-refractivity contribution in [3.8, 4) is 0 Å². The molecule has 0 aromatic carbocycles. The molecule has 2 saturated heterocycles. The highest BCUT2D eigenvalue weighted by Gasteiger charge is 2.22. The summed E-state index contributed by atoms with van der Waals surface area (Å²) in [7, 11) is 0. The van der Waals surface area contributed by atoms with E-state index in [2.05, 4.69) is 0 Å². The molecule has 0 bridgehead atoms. The summed E-state index contributed by atoms with van der Waals surface area (Å²) in [6, 6.07) is 0. The van der Waals surface area contributed by atoms with Crippen molar-refractivity contribution in [1.82, 2.24) is 9.80 Å². The van der Waals surface area contributed by atoms with Crippen LogP contribution < -0.4 is 0 Å². The average Bonchev–Trinajstić information content (AvgIpc) is 2.78. The Balaban J connectivity index is 1.66. The first-order chi connectivity index (χ1) is 7.27. The lowest BCUT2D eigenvalue weighted by Gasteiger charge is -2.19. The van der Waals surface area contributed by atoms with Gasteiger partial charge >= 0.3 is 0 Å². The number of amides is 2. The molecule has 0 aromatic rings. The van der Waals surface area contributed by atoms with Crippen molar-refractivity contribution in [2.45, 2.75) is 32.1 Å². The fraction of sp³-hybridized carbons (Fsp3) is 0.818. The summed E-state index contributed by atoms with van der Waals surface area (Å²) < 4.78 is 0. The van der Waals surface area contributed by atoms with Gasteiger partial charge in [-0.05, 0) is 19.3 Å². The van der Waals surface area contributed by atoms with Crippen LogP contribution in [0.15, 0.2) is 0 Å². The minimum atomic E-state index is 0.280. The van der Waals surface area contributed by atoms with Crippen LogP contribution in [0.5, 0.6) is 0 Å². The topological polar surface area (TPSA) is 40.6 Å². The monoisotopic (exact) mass is 210 g/mol. The summed E-state index contributed by atoms with van der Waals surface area (Å²) in [5, 5.41) is 0. The van der Waals surface area contributed by atoms with E-state index in [-0.39, 0.29) is 11.8 Å². The molecular formula is C11H18N2O2. The Morgan fingerprint density at radius 2 is 1.33 bits per heavy atom. The van der Waals surface area contributed by atoms with Crippen molar-refractivity contribution >= 4 is 11.8 Å². The maximum Gasteiger partial charge on any atom is 0.222 e. The third-order valence-electron chi connectivity index (χ3n) is 3.20.